The number of rotatable bonds is 9. The number of piperidine rings is 1. The van der Waals surface area contributed by atoms with Crippen molar-refractivity contribution in [3.63, 3.8) is 0 Å². The predicted molar refractivity (Wildman–Crippen MR) is 161 cm³/mol. The lowest BCUT2D eigenvalue weighted by Gasteiger charge is -2.38. The first-order valence-corrected chi connectivity index (χ1v) is 13.9. The molecule has 0 radical (unpaired) electrons. The highest BCUT2D eigenvalue weighted by Gasteiger charge is 2.27. The Bertz CT molecular complexity index is 1410. The summed E-state index contributed by atoms with van der Waals surface area (Å²) in [6.07, 6.45) is 10.9. The van der Waals surface area contributed by atoms with Gasteiger partial charge in [-0.15, -0.1) is 0 Å². The van der Waals surface area contributed by atoms with Gasteiger partial charge in [0.2, 0.25) is 5.91 Å². The Morgan fingerprint density at radius 2 is 1.62 bits per heavy atom. The molecule has 0 N–H and O–H groups in total. The molecule has 40 heavy (non-hydrogen) atoms. The van der Waals surface area contributed by atoms with Crippen LogP contribution < -0.4 is 4.90 Å². The number of benzene rings is 2. The minimum Gasteiger partial charge on any atom is -0.345 e. The van der Waals surface area contributed by atoms with E-state index in [2.05, 4.69) is 86.4 Å². The molecule has 0 bridgehead atoms. The zero-order chi connectivity index (χ0) is 27.9. The Kier molecular flexibility index (Phi) is 8.71. The van der Waals surface area contributed by atoms with E-state index in [4.69, 9.17) is 0 Å². The van der Waals surface area contributed by atoms with Gasteiger partial charge in [0.15, 0.2) is 0 Å². The second kappa shape index (κ2) is 12.7. The van der Waals surface area contributed by atoms with E-state index in [0.29, 0.717) is 6.54 Å². The lowest BCUT2D eigenvalue weighted by Crippen LogP contribution is -2.46. The standard InChI is InChI=1S/C33H38N6O/c1-26-29(23-35-37(26)3)11-14-33(40)39(32-17-21-38(22-18-32)24-27-7-5-4-6-8-27)25-28-9-12-30(13-10-28)36(2)31-15-19-34-20-16-31/h4-16,19-20,23,32H,17-18,21-22,24-25H2,1-3H3/b14-11+. The lowest BCUT2D eigenvalue weighted by atomic mass is 10.0. The zero-order valence-electron chi connectivity index (χ0n) is 23.6. The van der Waals surface area contributed by atoms with Gasteiger partial charge in [-0.3, -0.25) is 19.4 Å². The van der Waals surface area contributed by atoms with Crippen molar-refractivity contribution >= 4 is 23.4 Å². The van der Waals surface area contributed by atoms with E-state index in [1.54, 1.807) is 18.5 Å². The molecule has 1 fully saturated rings. The van der Waals surface area contributed by atoms with E-state index in [9.17, 15) is 4.79 Å². The maximum Gasteiger partial charge on any atom is 0.247 e. The van der Waals surface area contributed by atoms with Gasteiger partial charge >= 0.3 is 0 Å². The summed E-state index contributed by atoms with van der Waals surface area (Å²) >= 11 is 0. The summed E-state index contributed by atoms with van der Waals surface area (Å²) in [5.74, 6) is 0.0442. The molecule has 0 spiro atoms. The average molecular weight is 535 g/mol. The molecule has 1 saturated heterocycles. The molecular weight excluding hydrogens is 496 g/mol. The maximum absolute atomic E-state index is 13.7. The summed E-state index contributed by atoms with van der Waals surface area (Å²) in [5.41, 5.74) is 6.64. The molecule has 1 aliphatic heterocycles. The van der Waals surface area contributed by atoms with Crippen molar-refractivity contribution in [2.24, 2.45) is 7.05 Å². The molecule has 7 heteroatoms. The number of hydrogen-bond acceptors (Lipinski definition) is 5. The summed E-state index contributed by atoms with van der Waals surface area (Å²) < 4.78 is 1.83. The molecule has 0 aliphatic carbocycles. The van der Waals surface area contributed by atoms with E-state index in [-0.39, 0.29) is 11.9 Å². The molecule has 0 unspecified atom stereocenters. The summed E-state index contributed by atoms with van der Waals surface area (Å²) in [6.45, 7) is 5.50. The van der Waals surface area contributed by atoms with Gasteiger partial charge in [0.1, 0.15) is 0 Å². The minimum absolute atomic E-state index is 0.0442. The number of nitrogens with zero attached hydrogens (tertiary/aromatic N) is 6. The maximum atomic E-state index is 13.7. The minimum atomic E-state index is 0.0442. The number of likely N-dealkylation sites (tertiary alicyclic amines) is 1. The molecule has 4 aromatic rings. The third kappa shape index (κ3) is 6.66. The Morgan fingerprint density at radius 3 is 2.27 bits per heavy atom. The van der Waals surface area contributed by atoms with Crippen LogP contribution >= 0.6 is 0 Å². The normalized spacial score (nSPS) is 14.5. The first-order valence-electron chi connectivity index (χ1n) is 13.9. The molecule has 1 aliphatic rings. The molecule has 206 valence electrons. The average Bonchev–Trinajstić information content (AvgIpc) is 3.32. The first kappa shape index (κ1) is 27.3. The fourth-order valence-corrected chi connectivity index (χ4v) is 5.29. The number of amides is 1. The van der Waals surface area contributed by atoms with Gasteiger partial charge in [-0.1, -0.05) is 42.5 Å². The van der Waals surface area contributed by atoms with Crippen LogP contribution in [0.15, 0.2) is 91.4 Å². The van der Waals surface area contributed by atoms with E-state index in [1.165, 1.54) is 5.56 Å². The van der Waals surface area contributed by atoms with Crippen molar-refractivity contribution in [3.8, 4) is 0 Å². The van der Waals surface area contributed by atoms with Crippen LogP contribution in [-0.2, 0) is 24.9 Å². The second-order valence-electron chi connectivity index (χ2n) is 10.5. The number of aryl methyl sites for hydroxylation is 1. The van der Waals surface area contributed by atoms with Crippen LogP contribution in [-0.4, -0.2) is 56.7 Å². The third-order valence-electron chi connectivity index (χ3n) is 7.94. The molecule has 2 aromatic heterocycles. The van der Waals surface area contributed by atoms with Crippen molar-refractivity contribution in [3.05, 3.63) is 114 Å². The van der Waals surface area contributed by atoms with Crippen LogP contribution in [0.1, 0.15) is 35.2 Å². The Balaban J connectivity index is 1.30. The van der Waals surface area contributed by atoms with Crippen LogP contribution in [0, 0.1) is 6.92 Å². The molecule has 0 atom stereocenters. The Morgan fingerprint density at radius 1 is 0.950 bits per heavy atom. The molecule has 3 heterocycles. The van der Waals surface area contributed by atoms with E-state index in [0.717, 1.165) is 60.7 Å². The summed E-state index contributed by atoms with van der Waals surface area (Å²) in [5, 5.41) is 4.31. The summed E-state index contributed by atoms with van der Waals surface area (Å²) in [4.78, 5) is 24.5. The number of pyridine rings is 1. The van der Waals surface area contributed by atoms with E-state index < -0.39 is 0 Å². The number of carbonyl (C=O) groups is 1. The molecule has 0 saturated carbocycles. The monoisotopic (exact) mass is 534 g/mol. The van der Waals surface area contributed by atoms with Crippen molar-refractivity contribution < 1.29 is 4.79 Å². The highest BCUT2D eigenvalue weighted by atomic mass is 16.2. The largest absolute Gasteiger partial charge is 0.345 e. The molecule has 2 aromatic carbocycles. The van der Waals surface area contributed by atoms with Crippen LogP contribution in [0.5, 0.6) is 0 Å². The number of anilines is 2. The van der Waals surface area contributed by atoms with Crippen LogP contribution in [0.2, 0.25) is 0 Å². The number of carbonyl (C=O) groups excluding carboxylic acids is 1. The van der Waals surface area contributed by atoms with E-state index in [1.807, 2.05) is 43.1 Å². The van der Waals surface area contributed by atoms with Gasteiger partial charge in [-0.05, 0) is 61.2 Å². The molecule has 7 nitrogen and oxygen atoms in total. The van der Waals surface area contributed by atoms with Gasteiger partial charge in [0.25, 0.3) is 0 Å². The highest BCUT2D eigenvalue weighted by molar-refractivity contribution is 5.92. The summed E-state index contributed by atoms with van der Waals surface area (Å²) in [6, 6.07) is 23.3. The van der Waals surface area contributed by atoms with Crippen molar-refractivity contribution in [2.75, 3.05) is 25.0 Å². The molecule has 1 amide bonds. The van der Waals surface area contributed by atoms with Crippen LogP contribution in [0.25, 0.3) is 6.08 Å². The predicted octanol–water partition coefficient (Wildman–Crippen LogP) is 5.60. The lowest BCUT2D eigenvalue weighted by molar-refractivity contribution is -0.130. The van der Waals surface area contributed by atoms with Crippen LogP contribution in [0.4, 0.5) is 11.4 Å². The van der Waals surface area contributed by atoms with Gasteiger partial charge in [-0.25, -0.2) is 0 Å². The fraction of sp³-hybridized carbons (Fsp3) is 0.303. The van der Waals surface area contributed by atoms with Crippen molar-refractivity contribution in [1.29, 1.82) is 0 Å². The van der Waals surface area contributed by atoms with Gasteiger partial charge < -0.3 is 9.80 Å². The Labute approximate surface area is 237 Å². The SMILES string of the molecule is Cc1c(/C=C/C(=O)N(Cc2ccc(N(C)c3ccncc3)cc2)C2CCN(Cc3ccccc3)CC2)cnn1C. The van der Waals surface area contributed by atoms with Crippen molar-refractivity contribution in [1.82, 2.24) is 24.6 Å². The topological polar surface area (TPSA) is 57.5 Å². The third-order valence-corrected chi connectivity index (χ3v) is 7.94. The second-order valence-corrected chi connectivity index (χ2v) is 10.5. The number of hydrogen-bond donors (Lipinski definition) is 0. The Hall–Kier alpha value is -4.23. The quantitative estimate of drug-likeness (QED) is 0.262. The van der Waals surface area contributed by atoms with E-state index >= 15 is 0 Å². The first-order chi connectivity index (χ1) is 19.5. The van der Waals surface area contributed by atoms with Crippen LogP contribution in [0.3, 0.4) is 0 Å². The number of aromatic nitrogens is 3. The zero-order valence-corrected chi connectivity index (χ0v) is 23.6. The van der Waals surface area contributed by atoms with Crippen molar-refractivity contribution in [2.45, 2.75) is 38.9 Å². The summed E-state index contributed by atoms with van der Waals surface area (Å²) in [7, 11) is 3.97. The highest BCUT2D eigenvalue weighted by Crippen LogP contribution is 2.25. The van der Waals surface area contributed by atoms with Gasteiger partial charge in [0.05, 0.1) is 6.20 Å². The fourth-order valence-electron chi connectivity index (χ4n) is 5.29. The van der Waals surface area contributed by atoms with Gasteiger partial charge in [-0.2, -0.15) is 5.10 Å². The molecule has 5 rings (SSSR count). The smallest absolute Gasteiger partial charge is 0.247 e. The molecular formula is C33H38N6O. The van der Waals surface area contributed by atoms with Gasteiger partial charge in [0, 0.05) is 87.4 Å².